The lowest BCUT2D eigenvalue weighted by molar-refractivity contribution is 0.420. The molecule has 0 saturated carbocycles. The van der Waals surface area contributed by atoms with Gasteiger partial charge in [-0.05, 0) is 33.4 Å². The lowest BCUT2D eigenvalue weighted by Gasteiger charge is -2.16. The van der Waals surface area contributed by atoms with Crippen LogP contribution in [0.1, 0.15) is 31.2 Å². The predicted molar refractivity (Wildman–Crippen MR) is 59.5 cm³/mol. The van der Waals surface area contributed by atoms with Crippen molar-refractivity contribution in [1.82, 2.24) is 15.1 Å². The van der Waals surface area contributed by atoms with E-state index in [1.807, 2.05) is 14.0 Å². The highest BCUT2D eigenvalue weighted by atomic mass is 15.3. The van der Waals surface area contributed by atoms with E-state index < -0.39 is 0 Å². The first kappa shape index (κ1) is 11.2. The fraction of sp³-hybridized carbons (Fsp3) is 0.727. The molecule has 1 atom stereocenters. The first-order valence-electron chi connectivity index (χ1n) is 5.35. The maximum Gasteiger partial charge on any atom is 0.0596 e. The fourth-order valence-electron chi connectivity index (χ4n) is 1.74. The summed E-state index contributed by atoms with van der Waals surface area (Å²) >= 11 is 0. The Hall–Kier alpha value is -0.830. The van der Waals surface area contributed by atoms with Crippen LogP contribution in [0.25, 0.3) is 0 Å². The van der Waals surface area contributed by atoms with Crippen LogP contribution in [-0.2, 0) is 6.54 Å². The summed E-state index contributed by atoms with van der Waals surface area (Å²) in [6.07, 6.45) is 2.42. The molecule has 0 saturated heterocycles. The third kappa shape index (κ3) is 2.84. The van der Waals surface area contributed by atoms with Crippen LogP contribution in [0, 0.1) is 13.8 Å². The first-order chi connectivity index (χ1) is 6.67. The molecule has 1 aromatic rings. The van der Waals surface area contributed by atoms with Gasteiger partial charge in [-0.25, -0.2) is 0 Å². The molecule has 0 fully saturated rings. The molecule has 0 radical (unpaired) electrons. The Labute approximate surface area is 86.5 Å². The normalized spacial score (nSPS) is 13.1. The number of hydrogen-bond acceptors (Lipinski definition) is 2. The summed E-state index contributed by atoms with van der Waals surface area (Å²) in [5, 5.41) is 7.78. The number of hydrogen-bond donors (Lipinski definition) is 1. The number of nitrogens with zero attached hydrogens (tertiary/aromatic N) is 2. The Bertz CT molecular complexity index is 278. The second-order valence-corrected chi connectivity index (χ2v) is 3.88. The first-order valence-corrected chi connectivity index (χ1v) is 5.35. The Morgan fingerprint density at radius 3 is 2.64 bits per heavy atom. The van der Waals surface area contributed by atoms with Gasteiger partial charge in [-0.1, -0.05) is 13.3 Å². The molecule has 3 nitrogen and oxygen atoms in total. The van der Waals surface area contributed by atoms with Gasteiger partial charge in [0.05, 0.1) is 12.2 Å². The molecule has 1 N–H and O–H groups in total. The molecule has 3 heteroatoms. The van der Waals surface area contributed by atoms with E-state index in [9.17, 15) is 0 Å². The molecule has 0 bridgehead atoms. The van der Waals surface area contributed by atoms with Gasteiger partial charge in [0.2, 0.25) is 0 Å². The number of nitrogens with one attached hydrogen (secondary N) is 1. The zero-order chi connectivity index (χ0) is 10.6. The minimum atomic E-state index is 0.540. The molecule has 1 rings (SSSR count). The van der Waals surface area contributed by atoms with E-state index in [1.54, 1.807) is 0 Å². The maximum atomic E-state index is 4.46. The number of aryl methyl sites for hydroxylation is 2. The summed E-state index contributed by atoms with van der Waals surface area (Å²) in [6.45, 7) is 7.34. The van der Waals surface area contributed by atoms with Gasteiger partial charge in [0, 0.05) is 11.7 Å². The largest absolute Gasteiger partial charge is 0.315 e. The van der Waals surface area contributed by atoms with Crippen LogP contribution in [0.15, 0.2) is 6.07 Å². The highest BCUT2D eigenvalue weighted by Crippen LogP contribution is 2.05. The Morgan fingerprint density at radius 1 is 1.50 bits per heavy atom. The summed E-state index contributed by atoms with van der Waals surface area (Å²) < 4.78 is 2.09. The number of rotatable bonds is 5. The van der Waals surface area contributed by atoms with E-state index in [0.29, 0.717) is 6.04 Å². The maximum absolute atomic E-state index is 4.46. The van der Waals surface area contributed by atoms with Gasteiger partial charge in [-0.15, -0.1) is 0 Å². The topological polar surface area (TPSA) is 29.9 Å². The van der Waals surface area contributed by atoms with Crippen molar-refractivity contribution >= 4 is 0 Å². The molecule has 0 aromatic carbocycles. The fourth-order valence-corrected chi connectivity index (χ4v) is 1.74. The Kier molecular flexibility index (Phi) is 4.14. The monoisotopic (exact) mass is 195 g/mol. The molecule has 1 heterocycles. The minimum Gasteiger partial charge on any atom is -0.315 e. The van der Waals surface area contributed by atoms with Gasteiger partial charge in [0.25, 0.3) is 0 Å². The van der Waals surface area contributed by atoms with Crippen molar-refractivity contribution in [2.45, 2.75) is 46.2 Å². The number of likely N-dealkylation sites (N-methyl/N-ethyl adjacent to an activating group) is 1. The van der Waals surface area contributed by atoms with E-state index in [4.69, 9.17) is 0 Å². The smallest absolute Gasteiger partial charge is 0.0596 e. The average Bonchev–Trinajstić information content (AvgIpc) is 2.44. The van der Waals surface area contributed by atoms with E-state index in [2.05, 4.69) is 35.0 Å². The quantitative estimate of drug-likeness (QED) is 0.777. The summed E-state index contributed by atoms with van der Waals surface area (Å²) in [4.78, 5) is 0. The van der Waals surface area contributed by atoms with Crippen LogP contribution < -0.4 is 5.32 Å². The zero-order valence-electron chi connectivity index (χ0n) is 9.67. The van der Waals surface area contributed by atoms with Gasteiger partial charge in [-0.3, -0.25) is 4.68 Å². The second kappa shape index (κ2) is 5.15. The highest BCUT2D eigenvalue weighted by molar-refractivity contribution is 5.06. The third-order valence-electron chi connectivity index (χ3n) is 2.54. The summed E-state index contributed by atoms with van der Waals surface area (Å²) in [6, 6.07) is 2.66. The van der Waals surface area contributed by atoms with Crippen LogP contribution >= 0.6 is 0 Å². The molecule has 0 amide bonds. The van der Waals surface area contributed by atoms with E-state index in [-0.39, 0.29) is 0 Å². The van der Waals surface area contributed by atoms with E-state index >= 15 is 0 Å². The van der Waals surface area contributed by atoms with Crippen LogP contribution in [-0.4, -0.2) is 22.9 Å². The van der Waals surface area contributed by atoms with Gasteiger partial charge < -0.3 is 5.32 Å². The minimum absolute atomic E-state index is 0.540. The van der Waals surface area contributed by atoms with Crippen molar-refractivity contribution in [3.05, 3.63) is 17.5 Å². The van der Waals surface area contributed by atoms with Crippen molar-refractivity contribution in [2.75, 3.05) is 7.05 Å². The van der Waals surface area contributed by atoms with Crippen molar-refractivity contribution < 1.29 is 0 Å². The lowest BCUT2D eigenvalue weighted by Crippen LogP contribution is -2.30. The molecular weight excluding hydrogens is 174 g/mol. The molecule has 0 spiro atoms. The van der Waals surface area contributed by atoms with Gasteiger partial charge >= 0.3 is 0 Å². The zero-order valence-corrected chi connectivity index (χ0v) is 9.67. The third-order valence-corrected chi connectivity index (χ3v) is 2.54. The second-order valence-electron chi connectivity index (χ2n) is 3.88. The van der Waals surface area contributed by atoms with Crippen LogP contribution in [0.5, 0.6) is 0 Å². The SMILES string of the molecule is CCCC(Cn1nc(C)cc1C)NC. The van der Waals surface area contributed by atoms with Gasteiger partial charge in [-0.2, -0.15) is 5.10 Å². The molecule has 1 unspecified atom stereocenters. The average molecular weight is 195 g/mol. The van der Waals surface area contributed by atoms with Crippen LogP contribution in [0.4, 0.5) is 0 Å². The predicted octanol–water partition coefficient (Wildman–Crippen LogP) is 1.89. The Balaban J connectivity index is 2.61. The molecule has 0 aliphatic rings. The van der Waals surface area contributed by atoms with Crippen molar-refractivity contribution in [3.8, 4) is 0 Å². The molecular formula is C11H21N3. The summed E-state index contributed by atoms with van der Waals surface area (Å²) in [5.74, 6) is 0. The van der Waals surface area contributed by atoms with E-state index in [0.717, 1.165) is 12.2 Å². The molecule has 1 aromatic heterocycles. The summed E-state index contributed by atoms with van der Waals surface area (Å²) in [7, 11) is 2.02. The van der Waals surface area contributed by atoms with Crippen LogP contribution in [0.3, 0.4) is 0 Å². The highest BCUT2D eigenvalue weighted by Gasteiger charge is 2.08. The standard InChI is InChI=1S/C11H21N3/c1-5-6-11(12-4)8-14-10(3)7-9(2)13-14/h7,11-12H,5-6,8H2,1-4H3. The van der Waals surface area contributed by atoms with Crippen LogP contribution in [0.2, 0.25) is 0 Å². The van der Waals surface area contributed by atoms with E-state index in [1.165, 1.54) is 18.5 Å². The molecule has 0 aliphatic heterocycles. The Morgan fingerprint density at radius 2 is 2.21 bits per heavy atom. The molecule has 14 heavy (non-hydrogen) atoms. The molecule has 80 valence electrons. The summed E-state index contributed by atoms with van der Waals surface area (Å²) in [5.41, 5.74) is 2.35. The number of aromatic nitrogens is 2. The van der Waals surface area contributed by atoms with Gasteiger partial charge in [0.15, 0.2) is 0 Å². The van der Waals surface area contributed by atoms with Gasteiger partial charge in [0.1, 0.15) is 0 Å². The van der Waals surface area contributed by atoms with Crippen molar-refractivity contribution in [1.29, 1.82) is 0 Å². The molecule has 0 aliphatic carbocycles. The van der Waals surface area contributed by atoms with Crippen molar-refractivity contribution in [2.24, 2.45) is 0 Å². The van der Waals surface area contributed by atoms with Crippen molar-refractivity contribution in [3.63, 3.8) is 0 Å². The lowest BCUT2D eigenvalue weighted by atomic mass is 10.2.